The summed E-state index contributed by atoms with van der Waals surface area (Å²) in [7, 11) is 0. The van der Waals surface area contributed by atoms with Gasteiger partial charge in [0.25, 0.3) is 0 Å². The first-order valence-electron chi connectivity index (χ1n) is 10.1. The van der Waals surface area contributed by atoms with Crippen LogP contribution >= 0.6 is 15.9 Å². The molecule has 3 rings (SSSR count). The summed E-state index contributed by atoms with van der Waals surface area (Å²) in [5.41, 5.74) is 7.02. The molecule has 1 saturated heterocycles. The van der Waals surface area contributed by atoms with Crippen LogP contribution in [-0.4, -0.2) is 53.4 Å². The molecule has 0 saturated carbocycles. The van der Waals surface area contributed by atoms with E-state index in [1.165, 1.54) is 6.42 Å². The van der Waals surface area contributed by atoms with Crippen molar-refractivity contribution in [3.05, 3.63) is 46.2 Å². The molecule has 1 fully saturated rings. The van der Waals surface area contributed by atoms with E-state index in [2.05, 4.69) is 56.5 Å². The Labute approximate surface area is 181 Å². The average molecular weight is 460 g/mol. The minimum absolute atomic E-state index is 0.209. The summed E-state index contributed by atoms with van der Waals surface area (Å²) >= 11 is 3.35. The number of nitrogens with zero attached hydrogens (tertiary/aromatic N) is 4. The molecule has 0 spiro atoms. The van der Waals surface area contributed by atoms with Crippen LogP contribution < -0.4 is 10.6 Å². The van der Waals surface area contributed by atoms with Gasteiger partial charge in [-0.05, 0) is 65.5 Å². The van der Waals surface area contributed by atoms with Gasteiger partial charge in [-0.15, -0.1) is 0 Å². The molecule has 3 heterocycles. The minimum Gasteiger partial charge on any atom is -0.383 e. The molecule has 0 aromatic carbocycles. The van der Waals surface area contributed by atoms with Gasteiger partial charge in [-0.3, -0.25) is 4.79 Å². The highest BCUT2D eigenvalue weighted by Crippen LogP contribution is 2.22. The highest BCUT2D eigenvalue weighted by Gasteiger charge is 2.20. The molecule has 0 unspecified atom stereocenters. The molecule has 2 N–H and O–H groups in total. The quantitative estimate of drug-likeness (QED) is 0.680. The number of nitrogen functional groups attached to an aromatic ring is 1. The monoisotopic (exact) mass is 459 g/mol. The predicted octanol–water partition coefficient (Wildman–Crippen LogP) is 4.00. The maximum atomic E-state index is 12.9. The Kier molecular flexibility index (Phi) is 6.90. The van der Waals surface area contributed by atoms with Crippen molar-refractivity contribution in [1.29, 1.82) is 0 Å². The number of ketones is 1. The van der Waals surface area contributed by atoms with Crippen molar-refractivity contribution in [2.75, 3.05) is 43.4 Å². The van der Waals surface area contributed by atoms with Crippen LogP contribution in [0.25, 0.3) is 0 Å². The zero-order chi connectivity index (χ0) is 21.0. The normalized spacial score (nSPS) is 15.9. The van der Waals surface area contributed by atoms with Gasteiger partial charge >= 0.3 is 0 Å². The molecular weight excluding hydrogens is 430 g/mol. The Morgan fingerprint density at radius 2 is 2.00 bits per heavy atom. The van der Waals surface area contributed by atoms with Gasteiger partial charge in [0.2, 0.25) is 5.78 Å². The summed E-state index contributed by atoms with van der Waals surface area (Å²) in [4.78, 5) is 26.4. The second-order valence-corrected chi connectivity index (χ2v) is 9.71. The number of rotatable bonds is 5. The average Bonchev–Trinajstić information content (AvgIpc) is 2.93. The lowest BCUT2D eigenvalue weighted by molar-refractivity contribution is 0.103. The Morgan fingerprint density at radius 3 is 2.76 bits per heavy atom. The van der Waals surface area contributed by atoms with Gasteiger partial charge in [0, 0.05) is 30.3 Å². The summed E-state index contributed by atoms with van der Waals surface area (Å²) in [5, 5.41) is 0. The summed E-state index contributed by atoms with van der Waals surface area (Å²) in [6.45, 7) is 12.0. The fraction of sp³-hybridized carbons (Fsp3) is 0.500. The van der Waals surface area contributed by atoms with Crippen LogP contribution in [0.1, 0.15) is 49.7 Å². The first kappa shape index (κ1) is 21.7. The first-order valence-corrected chi connectivity index (χ1v) is 10.9. The molecule has 7 heteroatoms. The SMILES string of the molecule is CC(C)(C)CCN1CCCN(c2cccc(C(=O)c3cc(Br)cnc3N)n2)CC1. The third-order valence-electron chi connectivity index (χ3n) is 5.19. The molecule has 6 nitrogen and oxygen atoms in total. The lowest BCUT2D eigenvalue weighted by Crippen LogP contribution is -2.33. The maximum Gasteiger partial charge on any atom is 0.215 e. The van der Waals surface area contributed by atoms with Crippen LogP contribution in [0.2, 0.25) is 0 Å². The highest BCUT2D eigenvalue weighted by atomic mass is 79.9. The minimum atomic E-state index is -0.209. The predicted molar refractivity (Wildman–Crippen MR) is 121 cm³/mol. The fourth-order valence-corrected chi connectivity index (χ4v) is 3.74. The van der Waals surface area contributed by atoms with E-state index in [1.807, 2.05) is 12.1 Å². The molecule has 0 atom stereocenters. The molecule has 2 aromatic rings. The van der Waals surface area contributed by atoms with Crippen molar-refractivity contribution in [2.45, 2.75) is 33.6 Å². The molecule has 0 bridgehead atoms. The van der Waals surface area contributed by atoms with Crippen LogP contribution in [0.5, 0.6) is 0 Å². The Hall–Kier alpha value is -1.99. The lowest BCUT2D eigenvalue weighted by Gasteiger charge is -2.26. The summed E-state index contributed by atoms with van der Waals surface area (Å²) in [5.74, 6) is 0.851. The van der Waals surface area contributed by atoms with Gasteiger partial charge in [0.15, 0.2) is 0 Å². The van der Waals surface area contributed by atoms with Crippen molar-refractivity contribution in [2.24, 2.45) is 5.41 Å². The third kappa shape index (κ3) is 6.00. The van der Waals surface area contributed by atoms with Gasteiger partial charge in [-0.2, -0.15) is 0 Å². The molecule has 29 heavy (non-hydrogen) atoms. The highest BCUT2D eigenvalue weighted by molar-refractivity contribution is 9.10. The fourth-order valence-electron chi connectivity index (χ4n) is 3.41. The van der Waals surface area contributed by atoms with Crippen molar-refractivity contribution >= 4 is 33.3 Å². The third-order valence-corrected chi connectivity index (χ3v) is 5.62. The van der Waals surface area contributed by atoms with Crippen molar-refractivity contribution < 1.29 is 4.79 Å². The molecule has 2 aromatic heterocycles. The van der Waals surface area contributed by atoms with Gasteiger partial charge in [-0.1, -0.05) is 26.8 Å². The molecule has 1 aliphatic rings. The number of halogens is 1. The number of carbonyl (C=O) groups excluding carboxylic acids is 1. The standard InChI is InChI=1S/C22H30BrN5O/c1-22(2,3)8-11-27-9-5-10-28(13-12-27)19-7-4-6-18(26-19)20(29)17-14-16(23)15-25-21(17)24/h4,6-7,14-15H,5,8-13H2,1-3H3,(H2,24,25). The molecule has 1 aliphatic heterocycles. The number of carbonyl (C=O) groups is 1. The van der Waals surface area contributed by atoms with Crippen LogP contribution in [0.15, 0.2) is 34.9 Å². The summed E-state index contributed by atoms with van der Waals surface area (Å²) in [6.07, 6.45) is 3.86. The maximum absolute atomic E-state index is 12.9. The van der Waals surface area contributed by atoms with E-state index in [0.29, 0.717) is 21.1 Å². The van der Waals surface area contributed by atoms with E-state index in [0.717, 1.165) is 45.0 Å². The molecule has 156 valence electrons. The van der Waals surface area contributed by atoms with Crippen LogP contribution in [0.4, 0.5) is 11.6 Å². The second kappa shape index (κ2) is 9.22. The Bertz CT molecular complexity index is 865. The van der Waals surface area contributed by atoms with E-state index >= 15 is 0 Å². The Morgan fingerprint density at radius 1 is 1.21 bits per heavy atom. The topological polar surface area (TPSA) is 75.3 Å². The smallest absolute Gasteiger partial charge is 0.215 e. The number of pyridine rings is 2. The van der Waals surface area contributed by atoms with Crippen LogP contribution in [-0.2, 0) is 0 Å². The lowest BCUT2D eigenvalue weighted by atomic mass is 9.92. The first-order chi connectivity index (χ1) is 13.7. The van der Waals surface area contributed by atoms with Gasteiger partial charge in [0.05, 0.1) is 5.56 Å². The molecule has 0 aliphatic carbocycles. The largest absolute Gasteiger partial charge is 0.383 e. The van der Waals surface area contributed by atoms with E-state index in [4.69, 9.17) is 5.73 Å². The van der Waals surface area contributed by atoms with Crippen LogP contribution in [0, 0.1) is 5.41 Å². The zero-order valence-electron chi connectivity index (χ0n) is 17.5. The summed E-state index contributed by atoms with van der Waals surface area (Å²) in [6, 6.07) is 7.29. The van der Waals surface area contributed by atoms with Gasteiger partial charge in [0.1, 0.15) is 17.3 Å². The van der Waals surface area contributed by atoms with Gasteiger partial charge < -0.3 is 15.5 Å². The summed E-state index contributed by atoms with van der Waals surface area (Å²) < 4.78 is 0.717. The number of nitrogens with two attached hydrogens (primary N) is 1. The Balaban J connectivity index is 1.71. The van der Waals surface area contributed by atoms with Crippen molar-refractivity contribution in [1.82, 2.24) is 14.9 Å². The second-order valence-electron chi connectivity index (χ2n) is 8.79. The van der Waals surface area contributed by atoms with E-state index < -0.39 is 0 Å². The number of hydrogen-bond acceptors (Lipinski definition) is 6. The van der Waals surface area contributed by atoms with E-state index in [1.54, 1.807) is 18.3 Å². The van der Waals surface area contributed by atoms with Crippen molar-refractivity contribution in [3.63, 3.8) is 0 Å². The van der Waals surface area contributed by atoms with E-state index in [9.17, 15) is 4.79 Å². The van der Waals surface area contributed by atoms with Crippen LogP contribution in [0.3, 0.4) is 0 Å². The molecule has 0 radical (unpaired) electrons. The number of anilines is 2. The number of aromatic nitrogens is 2. The van der Waals surface area contributed by atoms with Gasteiger partial charge in [-0.25, -0.2) is 9.97 Å². The van der Waals surface area contributed by atoms with E-state index in [-0.39, 0.29) is 11.6 Å². The van der Waals surface area contributed by atoms with Crippen molar-refractivity contribution in [3.8, 4) is 0 Å². The zero-order valence-corrected chi connectivity index (χ0v) is 19.1. The number of hydrogen-bond donors (Lipinski definition) is 1. The molecule has 0 amide bonds. The molecular formula is C22H30BrN5O.